The van der Waals surface area contributed by atoms with Crippen LogP contribution in [0.25, 0.3) is 0 Å². The maximum Gasteiger partial charge on any atom is 0.306 e. The zero-order valence-electron chi connectivity index (χ0n) is 20.7. The molecule has 1 aromatic carbocycles. The molecule has 0 unspecified atom stereocenters. The van der Waals surface area contributed by atoms with Gasteiger partial charge >= 0.3 is 5.97 Å². The lowest BCUT2D eigenvalue weighted by atomic mass is 9.82. The Morgan fingerprint density at radius 3 is 2.53 bits per heavy atom. The standard InChI is InChI=1S/C25H37NO7S/c1-24(2,3)33-23(28)6-5-14-31-15-13-26-11-9-25(10-12-26)17-21(27)20-16-19(18-34(4,29)30)7-8-22(20)32-25/h7-8,16H,5-6,9-15,17-18H2,1-4H3. The second kappa shape index (κ2) is 10.7. The van der Waals surface area contributed by atoms with Crippen molar-refractivity contribution in [3.63, 3.8) is 0 Å². The van der Waals surface area contributed by atoms with Gasteiger partial charge in [-0.2, -0.15) is 0 Å². The first kappa shape index (κ1) is 26.6. The minimum atomic E-state index is -3.17. The number of ketones is 1. The van der Waals surface area contributed by atoms with Crippen molar-refractivity contribution in [3.05, 3.63) is 29.3 Å². The number of esters is 1. The van der Waals surface area contributed by atoms with E-state index in [-0.39, 0.29) is 17.5 Å². The molecule has 0 aromatic heterocycles. The third-order valence-electron chi connectivity index (χ3n) is 5.99. The van der Waals surface area contributed by atoms with Crippen molar-refractivity contribution in [2.45, 2.75) is 69.8 Å². The van der Waals surface area contributed by atoms with Gasteiger partial charge < -0.3 is 19.1 Å². The molecule has 1 saturated heterocycles. The molecular weight excluding hydrogens is 458 g/mol. The summed E-state index contributed by atoms with van der Waals surface area (Å²) in [6, 6.07) is 5.11. The highest BCUT2D eigenvalue weighted by Gasteiger charge is 2.42. The van der Waals surface area contributed by atoms with Crippen LogP contribution in [0.1, 0.15) is 68.8 Å². The Hall–Kier alpha value is -1.97. The van der Waals surface area contributed by atoms with Crippen LogP contribution in [0.2, 0.25) is 0 Å². The summed E-state index contributed by atoms with van der Waals surface area (Å²) in [5.41, 5.74) is 0.135. The lowest BCUT2D eigenvalue weighted by Crippen LogP contribution is -2.51. The number of nitrogens with zero attached hydrogens (tertiary/aromatic N) is 1. The molecule has 0 N–H and O–H groups in total. The fraction of sp³-hybridized carbons (Fsp3) is 0.680. The Bertz CT molecular complexity index is 989. The van der Waals surface area contributed by atoms with Crippen molar-refractivity contribution in [1.29, 1.82) is 0 Å². The van der Waals surface area contributed by atoms with Gasteiger partial charge in [0.1, 0.15) is 17.0 Å². The van der Waals surface area contributed by atoms with E-state index >= 15 is 0 Å². The van der Waals surface area contributed by atoms with Crippen molar-refractivity contribution in [1.82, 2.24) is 4.90 Å². The van der Waals surface area contributed by atoms with E-state index < -0.39 is 21.0 Å². The number of carbonyl (C=O) groups excluding carboxylic acids is 2. The van der Waals surface area contributed by atoms with Crippen molar-refractivity contribution in [3.8, 4) is 5.75 Å². The van der Waals surface area contributed by atoms with Gasteiger partial charge in [0, 0.05) is 51.8 Å². The van der Waals surface area contributed by atoms with Gasteiger partial charge in [-0.15, -0.1) is 0 Å². The third kappa shape index (κ3) is 8.06. The summed E-state index contributed by atoms with van der Waals surface area (Å²) in [5, 5.41) is 0. The molecule has 3 rings (SSSR count). The molecule has 8 nitrogen and oxygen atoms in total. The Balaban J connectivity index is 1.40. The van der Waals surface area contributed by atoms with Gasteiger partial charge in [-0.3, -0.25) is 9.59 Å². The average molecular weight is 496 g/mol. The molecule has 2 aliphatic heterocycles. The van der Waals surface area contributed by atoms with E-state index in [4.69, 9.17) is 14.2 Å². The van der Waals surface area contributed by atoms with E-state index in [0.717, 1.165) is 32.5 Å². The summed E-state index contributed by atoms with van der Waals surface area (Å²) < 4.78 is 40.4. The lowest BCUT2D eigenvalue weighted by molar-refractivity contribution is -0.155. The molecule has 1 spiro atoms. The van der Waals surface area contributed by atoms with Gasteiger partial charge in [0.25, 0.3) is 0 Å². The summed E-state index contributed by atoms with van der Waals surface area (Å²) in [5.74, 6) is 0.276. The monoisotopic (exact) mass is 495 g/mol. The number of piperidine rings is 1. The van der Waals surface area contributed by atoms with E-state index in [1.165, 1.54) is 6.26 Å². The molecule has 0 amide bonds. The number of likely N-dealkylation sites (tertiary alicyclic amines) is 1. The van der Waals surface area contributed by atoms with E-state index in [2.05, 4.69) is 4.90 Å². The van der Waals surface area contributed by atoms with Crippen molar-refractivity contribution >= 4 is 21.6 Å². The number of benzene rings is 1. The molecule has 2 heterocycles. The van der Waals surface area contributed by atoms with Crippen LogP contribution in [0.15, 0.2) is 18.2 Å². The molecule has 0 radical (unpaired) electrons. The summed E-state index contributed by atoms with van der Waals surface area (Å²) in [7, 11) is -3.17. The van der Waals surface area contributed by atoms with E-state index in [0.29, 0.717) is 49.4 Å². The highest BCUT2D eigenvalue weighted by atomic mass is 32.2. The molecule has 9 heteroatoms. The zero-order valence-corrected chi connectivity index (χ0v) is 21.5. The Kier molecular flexibility index (Phi) is 8.42. The highest BCUT2D eigenvalue weighted by molar-refractivity contribution is 7.89. The lowest BCUT2D eigenvalue weighted by Gasteiger charge is -2.44. The molecule has 0 bridgehead atoms. The largest absolute Gasteiger partial charge is 0.486 e. The number of Topliss-reactive ketones (excluding diaryl/α,β-unsaturated/α-hetero) is 1. The molecule has 0 saturated carbocycles. The molecule has 1 aromatic rings. The van der Waals surface area contributed by atoms with Gasteiger partial charge in [-0.05, 0) is 44.9 Å². The summed E-state index contributed by atoms with van der Waals surface area (Å²) in [6.07, 6.45) is 4.00. The number of sulfone groups is 1. The van der Waals surface area contributed by atoms with E-state index in [1.807, 2.05) is 20.8 Å². The molecule has 190 valence electrons. The highest BCUT2D eigenvalue weighted by Crippen LogP contribution is 2.39. The number of ether oxygens (including phenoxy) is 3. The zero-order chi connectivity index (χ0) is 25.0. The number of carbonyl (C=O) groups is 2. The number of hydrogen-bond acceptors (Lipinski definition) is 8. The maximum atomic E-state index is 12.9. The molecule has 1 fully saturated rings. The SMILES string of the molecule is CC(C)(C)OC(=O)CCCOCCN1CCC2(CC1)CC(=O)c1cc(CS(C)(=O)=O)ccc1O2. The van der Waals surface area contributed by atoms with Crippen LogP contribution in [0.5, 0.6) is 5.75 Å². The van der Waals surface area contributed by atoms with E-state index in [1.54, 1.807) is 18.2 Å². The number of fused-ring (bicyclic) bond motifs is 1. The van der Waals surface area contributed by atoms with Gasteiger partial charge in [0.05, 0.1) is 24.3 Å². The van der Waals surface area contributed by atoms with Crippen LogP contribution in [0, 0.1) is 0 Å². The predicted molar refractivity (Wildman–Crippen MR) is 129 cm³/mol. The summed E-state index contributed by atoms with van der Waals surface area (Å²) in [6.45, 7) is 9.10. The topological polar surface area (TPSA) is 99.2 Å². The quantitative estimate of drug-likeness (QED) is 0.381. The van der Waals surface area contributed by atoms with Crippen LogP contribution >= 0.6 is 0 Å². The fourth-order valence-corrected chi connectivity index (χ4v) is 5.19. The predicted octanol–water partition coefficient (Wildman–Crippen LogP) is 3.17. The second-order valence-corrected chi connectivity index (χ2v) is 12.6. The minimum absolute atomic E-state index is 0.0124. The Morgan fingerprint density at radius 2 is 1.88 bits per heavy atom. The van der Waals surface area contributed by atoms with Crippen LogP contribution in [0.3, 0.4) is 0 Å². The van der Waals surface area contributed by atoms with Crippen LogP contribution < -0.4 is 4.74 Å². The smallest absolute Gasteiger partial charge is 0.306 e. The average Bonchev–Trinajstić information content (AvgIpc) is 2.70. The molecule has 2 aliphatic rings. The van der Waals surface area contributed by atoms with Crippen LogP contribution in [-0.4, -0.2) is 75.4 Å². The van der Waals surface area contributed by atoms with Gasteiger partial charge in [0.2, 0.25) is 0 Å². The van der Waals surface area contributed by atoms with Gasteiger partial charge in [0.15, 0.2) is 15.6 Å². The van der Waals surface area contributed by atoms with Crippen molar-refractivity contribution in [2.24, 2.45) is 0 Å². The molecule has 0 aliphatic carbocycles. The number of hydrogen-bond donors (Lipinski definition) is 0. The fourth-order valence-electron chi connectivity index (χ4n) is 4.40. The Morgan fingerprint density at radius 1 is 1.18 bits per heavy atom. The van der Waals surface area contributed by atoms with E-state index in [9.17, 15) is 18.0 Å². The van der Waals surface area contributed by atoms with Crippen molar-refractivity contribution in [2.75, 3.05) is 39.1 Å². The first-order chi connectivity index (χ1) is 15.8. The molecular formula is C25H37NO7S. The number of rotatable bonds is 9. The second-order valence-electron chi connectivity index (χ2n) is 10.4. The Labute approximate surface area is 202 Å². The summed E-state index contributed by atoms with van der Waals surface area (Å²) >= 11 is 0. The maximum absolute atomic E-state index is 12.9. The van der Waals surface area contributed by atoms with Crippen LogP contribution in [0.4, 0.5) is 0 Å². The summed E-state index contributed by atoms with van der Waals surface area (Å²) in [4.78, 5) is 26.9. The third-order valence-corrected chi connectivity index (χ3v) is 6.85. The minimum Gasteiger partial charge on any atom is -0.486 e. The normalized spacial score (nSPS) is 18.4. The molecule has 0 atom stereocenters. The van der Waals surface area contributed by atoms with Crippen LogP contribution in [-0.2, 0) is 29.9 Å². The van der Waals surface area contributed by atoms with Gasteiger partial charge in [-0.1, -0.05) is 6.07 Å². The molecule has 34 heavy (non-hydrogen) atoms. The van der Waals surface area contributed by atoms with Crippen molar-refractivity contribution < 1.29 is 32.2 Å². The first-order valence-corrected chi connectivity index (χ1v) is 14.0. The van der Waals surface area contributed by atoms with Gasteiger partial charge in [-0.25, -0.2) is 8.42 Å². The first-order valence-electron chi connectivity index (χ1n) is 11.9.